The molecule has 4 rings (SSSR count). The SMILES string of the molecule is CC(C)CN(C(=O)c1ccccc1)S(=O)(=O)n1cc(C2CCCC2)c2ccccc21. The van der Waals surface area contributed by atoms with Crippen LogP contribution < -0.4 is 0 Å². The molecule has 1 saturated carbocycles. The Hall–Kier alpha value is -2.60. The van der Waals surface area contributed by atoms with Crippen LogP contribution in [0.15, 0.2) is 60.8 Å². The number of nitrogens with zero attached hydrogens (tertiary/aromatic N) is 2. The summed E-state index contributed by atoms with van der Waals surface area (Å²) in [6.45, 7) is 3.96. The van der Waals surface area contributed by atoms with Crippen LogP contribution in [0.4, 0.5) is 0 Å². The maximum Gasteiger partial charge on any atom is 0.332 e. The molecule has 0 spiro atoms. The molecule has 1 aromatic heterocycles. The van der Waals surface area contributed by atoms with E-state index in [9.17, 15) is 13.2 Å². The second-order valence-corrected chi connectivity index (χ2v) is 10.2. The average Bonchev–Trinajstić information content (AvgIpc) is 3.40. The van der Waals surface area contributed by atoms with E-state index in [1.807, 2.05) is 44.2 Å². The highest BCUT2D eigenvalue weighted by atomic mass is 32.2. The van der Waals surface area contributed by atoms with E-state index in [1.165, 1.54) is 16.8 Å². The number of hydrogen-bond donors (Lipinski definition) is 0. The molecule has 1 heterocycles. The molecule has 6 heteroatoms. The van der Waals surface area contributed by atoms with Gasteiger partial charge in [0.05, 0.1) is 5.52 Å². The van der Waals surface area contributed by atoms with Crippen molar-refractivity contribution in [2.75, 3.05) is 6.54 Å². The molecule has 0 atom stereocenters. The highest BCUT2D eigenvalue weighted by Gasteiger charge is 2.33. The van der Waals surface area contributed by atoms with Crippen molar-refractivity contribution in [2.24, 2.45) is 5.92 Å². The topological polar surface area (TPSA) is 59.4 Å². The van der Waals surface area contributed by atoms with Crippen molar-refractivity contribution in [3.63, 3.8) is 0 Å². The maximum atomic E-state index is 13.8. The summed E-state index contributed by atoms with van der Waals surface area (Å²) < 4.78 is 29.9. The Kier molecular flexibility index (Phi) is 5.69. The Morgan fingerprint density at radius 3 is 2.33 bits per heavy atom. The summed E-state index contributed by atoms with van der Waals surface area (Å²) >= 11 is 0. The van der Waals surface area contributed by atoms with Crippen molar-refractivity contribution < 1.29 is 13.2 Å². The Balaban J connectivity index is 1.84. The van der Waals surface area contributed by atoms with Crippen LogP contribution in [0.5, 0.6) is 0 Å². The summed E-state index contributed by atoms with van der Waals surface area (Å²) in [4.78, 5) is 13.2. The molecular weight excluding hydrogens is 396 g/mol. The third kappa shape index (κ3) is 3.76. The number of benzene rings is 2. The van der Waals surface area contributed by atoms with E-state index in [1.54, 1.807) is 30.5 Å². The maximum absolute atomic E-state index is 13.8. The predicted octanol–water partition coefficient (Wildman–Crippen LogP) is 5.19. The lowest BCUT2D eigenvalue weighted by molar-refractivity contribution is 0.0849. The molecule has 1 aliphatic carbocycles. The minimum absolute atomic E-state index is 0.00330. The van der Waals surface area contributed by atoms with Gasteiger partial charge in [-0.2, -0.15) is 8.42 Å². The number of aromatic nitrogens is 1. The molecule has 5 nitrogen and oxygen atoms in total. The van der Waals surface area contributed by atoms with Crippen LogP contribution in [0.2, 0.25) is 0 Å². The van der Waals surface area contributed by atoms with Gasteiger partial charge in [0, 0.05) is 23.7 Å². The number of fused-ring (bicyclic) bond motifs is 1. The van der Waals surface area contributed by atoms with Crippen LogP contribution in [0.1, 0.15) is 61.4 Å². The van der Waals surface area contributed by atoms with Crippen molar-refractivity contribution in [3.8, 4) is 0 Å². The van der Waals surface area contributed by atoms with Gasteiger partial charge < -0.3 is 0 Å². The van der Waals surface area contributed by atoms with Gasteiger partial charge in [0.15, 0.2) is 0 Å². The molecule has 2 aromatic carbocycles. The van der Waals surface area contributed by atoms with Crippen LogP contribution in [0.3, 0.4) is 0 Å². The largest absolute Gasteiger partial charge is 0.332 e. The van der Waals surface area contributed by atoms with E-state index < -0.39 is 16.1 Å². The van der Waals surface area contributed by atoms with E-state index in [0.29, 0.717) is 17.0 Å². The number of para-hydroxylation sites is 1. The molecule has 0 unspecified atom stereocenters. The third-order valence-corrected chi connectivity index (χ3v) is 7.48. The first kappa shape index (κ1) is 20.7. The molecule has 0 bridgehead atoms. The van der Waals surface area contributed by atoms with Crippen LogP contribution in [-0.4, -0.2) is 29.1 Å². The van der Waals surface area contributed by atoms with Gasteiger partial charge >= 0.3 is 10.2 Å². The molecule has 1 aliphatic rings. The van der Waals surface area contributed by atoms with E-state index in [2.05, 4.69) is 0 Å². The summed E-state index contributed by atoms with van der Waals surface area (Å²) in [5.41, 5.74) is 2.08. The normalized spacial score (nSPS) is 15.2. The Morgan fingerprint density at radius 2 is 1.67 bits per heavy atom. The summed E-state index contributed by atoms with van der Waals surface area (Å²) in [7, 11) is -4.08. The highest BCUT2D eigenvalue weighted by Crippen LogP contribution is 2.39. The molecule has 3 aromatic rings. The highest BCUT2D eigenvalue weighted by molar-refractivity contribution is 7.88. The van der Waals surface area contributed by atoms with Crippen molar-refractivity contribution in [1.29, 1.82) is 0 Å². The van der Waals surface area contributed by atoms with Crippen LogP contribution >= 0.6 is 0 Å². The van der Waals surface area contributed by atoms with Crippen molar-refractivity contribution in [2.45, 2.75) is 45.4 Å². The first-order chi connectivity index (χ1) is 14.4. The second kappa shape index (κ2) is 8.26. The molecular formula is C24H28N2O3S. The summed E-state index contributed by atoms with van der Waals surface area (Å²) in [6, 6.07) is 16.2. The number of rotatable bonds is 6. The second-order valence-electron chi connectivity index (χ2n) is 8.48. The first-order valence-electron chi connectivity index (χ1n) is 10.6. The number of carbonyl (C=O) groups is 1. The van der Waals surface area contributed by atoms with Gasteiger partial charge in [-0.1, -0.05) is 63.1 Å². The number of amides is 1. The van der Waals surface area contributed by atoms with Crippen molar-refractivity contribution in [1.82, 2.24) is 8.28 Å². The van der Waals surface area contributed by atoms with Crippen molar-refractivity contribution >= 4 is 27.0 Å². The minimum Gasteiger partial charge on any atom is -0.268 e. The van der Waals surface area contributed by atoms with Gasteiger partial charge in [-0.05, 0) is 48.4 Å². The molecule has 158 valence electrons. The third-order valence-electron chi connectivity index (χ3n) is 5.81. The van der Waals surface area contributed by atoms with Crippen LogP contribution in [0, 0.1) is 5.92 Å². The van der Waals surface area contributed by atoms with Gasteiger partial charge in [-0.3, -0.25) is 4.79 Å². The number of hydrogen-bond acceptors (Lipinski definition) is 3. The molecule has 1 amide bonds. The zero-order valence-corrected chi connectivity index (χ0v) is 18.3. The van der Waals surface area contributed by atoms with E-state index >= 15 is 0 Å². The lowest BCUT2D eigenvalue weighted by Crippen LogP contribution is -2.42. The van der Waals surface area contributed by atoms with E-state index in [4.69, 9.17) is 0 Å². The zero-order valence-electron chi connectivity index (χ0n) is 17.5. The zero-order chi connectivity index (χ0) is 21.3. The molecule has 0 N–H and O–H groups in total. The Bertz CT molecular complexity index is 1140. The molecule has 30 heavy (non-hydrogen) atoms. The number of carbonyl (C=O) groups excluding carboxylic acids is 1. The van der Waals surface area contributed by atoms with Gasteiger partial charge in [0.1, 0.15) is 0 Å². The average molecular weight is 425 g/mol. The Labute approximate surface area is 178 Å². The molecule has 0 saturated heterocycles. The lowest BCUT2D eigenvalue weighted by Gasteiger charge is -2.25. The quantitative estimate of drug-likeness (QED) is 0.547. The lowest BCUT2D eigenvalue weighted by atomic mass is 9.97. The molecule has 1 fully saturated rings. The first-order valence-corrected chi connectivity index (χ1v) is 12.0. The molecule has 0 aliphatic heterocycles. The van der Waals surface area contributed by atoms with E-state index in [0.717, 1.165) is 28.1 Å². The van der Waals surface area contributed by atoms with Gasteiger partial charge in [0.2, 0.25) is 0 Å². The minimum atomic E-state index is -4.08. The Morgan fingerprint density at radius 1 is 1.03 bits per heavy atom. The van der Waals surface area contributed by atoms with Gasteiger partial charge in [-0.25, -0.2) is 8.28 Å². The van der Waals surface area contributed by atoms with Crippen LogP contribution in [0.25, 0.3) is 10.9 Å². The predicted molar refractivity (Wildman–Crippen MR) is 120 cm³/mol. The standard InChI is InChI=1S/C24H28N2O3S/c1-18(2)16-26(24(27)20-12-4-3-5-13-20)30(28,29)25-17-22(19-10-6-7-11-19)21-14-8-9-15-23(21)25/h3-5,8-9,12-15,17-19H,6-7,10-11,16H2,1-2H3. The van der Waals surface area contributed by atoms with Crippen LogP contribution in [-0.2, 0) is 10.2 Å². The van der Waals surface area contributed by atoms with Gasteiger partial charge in [-0.15, -0.1) is 0 Å². The van der Waals surface area contributed by atoms with Crippen molar-refractivity contribution in [3.05, 3.63) is 71.9 Å². The van der Waals surface area contributed by atoms with Gasteiger partial charge in [0.25, 0.3) is 5.91 Å². The fourth-order valence-corrected chi connectivity index (χ4v) is 6.04. The fraction of sp³-hybridized carbons (Fsp3) is 0.375. The summed E-state index contributed by atoms with van der Waals surface area (Å²) in [5, 5.41) is 0.963. The summed E-state index contributed by atoms with van der Waals surface area (Å²) in [6.07, 6.45) is 6.24. The fourth-order valence-electron chi connectivity index (χ4n) is 4.37. The smallest absolute Gasteiger partial charge is 0.268 e. The molecule has 0 radical (unpaired) electrons. The van der Waals surface area contributed by atoms with E-state index in [-0.39, 0.29) is 12.5 Å². The summed E-state index contributed by atoms with van der Waals surface area (Å²) in [5.74, 6) is -0.122. The monoisotopic (exact) mass is 424 g/mol.